The molecule has 0 spiro atoms. The van der Waals surface area contributed by atoms with Gasteiger partial charge in [-0.15, -0.1) is 0 Å². The van der Waals surface area contributed by atoms with Crippen molar-refractivity contribution in [2.45, 2.75) is 0 Å². The molecule has 0 aliphatic rings. The fourth-order valence-electron chi connectivity index (χ4n) is 1.20. The van der Waals surface area contributed by atoms with E-state index in [0.717, 1.165) is 5.56 Å². The van der Waals surface area contributed by atoms with Gasteiger partial charge in [-0.05, 0) is 15.9 Å². The molecule has 0 aliphatic heterocycles. The summed E-state index contributed by atoms with van der Waals surface area (Å²) in [5, 5.41) is 6.69. The number of rotatable bonds is 1. The van der Waals surface area contributed by atoms with Crippen molar-refractivity contribution in [1.82, 2.24) is 10.2 Å². The molecule has 1 aromatic heterocycles. The van der Waals surface area contributed by atoms with E-state index in [9.17, 15) is 4.79 Å². The minimum Gasteiger partial charge on any atom is -0.286 e. The molecule has 76 valence electrons. The average molecular weight is 286 g/mol. The standard InChI is InChI=1S/C10H6BrClN2O/c11-7-9(15)8(13-14-10(7)12)6-4-2-1-3-5-6/h1-5H,(H,14,15). The molecule has 0 fully saturated rings. The maximum atomic E-state index is 11.8. The van der Waals surface area contributed by atoms with Gasteiger partial charge < -0.3 is 0 Å². The van der Waals surface area contributed by atoms with Gasteiger partial charge >= 0.3 is 0 Å². The third-order valence-corrected chi connectivity index (χ3v) is 3.18. The van der Waals surface area contributed by atoms with Crippen LogP contribution in [-0.2, 0) is 0 Å². The summed E-state index contributed by atoms with van der Waals surface area (Å²) in [5.74, 6) is 0. The Morgan fingerprint density at radius 2 is 1.93 bits per heavy atom. The summed E-state index contributed by atoms with van der Waals surface area (Å²) in [6.07, 6.45) is 0. The molecule has 1 aromatic carbocycles. The molecule has 2 rings (SSSR count). The summed E-state index contributed by atoms with van der Waals surface area (Å²) in [6.45, 7) is 0. The van der Waals surface area contributed by atoms with Gasteiger partial charge in [0.1, 0.15) is 15.3 Å². The van der Waals surface area contributed by atoms with Crippen LogP contribution in [0.15, 0.2) is 39.6 Å². The first-order chi connectivity index (χ1) is 7.20. The second-order valence-corrected chi connectivity index (χ2v) is 4.07. The van der Waals surface area contributed by atoms with Crippen molar-refractivity contribution < 1.29 is 0 Å². The molecule has 0 unspecified atom stereocenters. The fourth-order valence-corrected chi connectivity index (χ4v) is 1.60. The van der Waals surface area contributed by atoms with Gasteiger partial charge in [-0.25, -0.2) is 0 Å². The Kier molecular flexibility index (Phi) is 2.88. The highest BCUT2D eigenvalue weighted by molar-refractivity contribution is 9.10. The Balaban J connectivity index is 2.66. The van der Waals surface area contributed by atoms with Gasteiger partial charge in [0.15, 0.2) is 0 Å². The van der Waals surface area contributed by atoms with Crippen molar-refractivity contribution in [3.05, 3.63) is 50.2 Å². The smallest absolute Gasteiger partial charge is 0.223 e. The van der Waals surface area contributed by atoms with Crippen LogP contribution in [0.1, 0.15) is 0 Å². The molecular weight excluding hydrogens is 279 g/mol. The van der Waals surface area contributed by atoms with Gasteiger partial charge in [-0.3, -0.25) is 9.89 Å². The number of aromatic amines is 1. The molecule has 0 radical (unpaired) electrons. The molecule has 2 aromatic rings. The SMILES string of the molecule is O=c1c(-c2ccccc2)n[nH]c(Cl)c1Br. The van der Waals surface area contributed by atoms with Crippen molar-refractivity contribution in [2.75, 3.05) is 0 Å². The minimum atomic E-state index is -0.218. The number of halogens is 2. The molecule has 15 heavy (non-hydrogen) atoms. The normalized spacial score (nSPS) is 10.3. The first-order valence-corrected chi connectivity index (χ1v) is 5.36. The second kappa shape index (κ2) is 4.16. The summed E-state index contributed by atoms with van der Waals surface area (Å²) in [7, 11) is 0. The maximum absolute atomic E-state index is 11.8. The fraction of sp³-hybridized carbons (Fsp3) is 0. The molecule has 0 bridgehead atoms. The zero-order chi connectivity index (χ0) is 10.8. The summed E-state index contributed by atoms with van der Waals surface area (Å²) >= 11 is 8.82. The third-order valence-electron chi connectivity index (χ3n) is 1.92. The van der Waals surface area contributed by atoms with E-state index in [2.05, 4.69) is 26.1 Å². The van der Waals surface area contributed by atoms with Crippen LogP contribution in [0.2, 0.25) is 5.15 Å². The van der Waals surface area contributed by atoms with Gasteiger partial charge in [0.05, 0.1) is 0 Å². The monoisotopic (exact) mass is 284 g/mol. The second-order valence-electron chi connectivity index (χ2n) is 2.90. The van der Waals surface area contributed by atoms with E-state index in [-0.39, 0.29) is 10.6 Å². The molecule has 5 heteroatoms. The van der Waals surface area contributed by atoms with E-state index in [1.807, 2.05) is 30.3 Å². The predicted molar refractivity (Wildman–Crippen MR) is 63.0 cm³/mol. The lowest BCUT2D eigenvalue weighted by Crippen LogP contribution is -2.10. The lowest BCUT2D eigenvalue weighted by molar-refractivity contribution is 1.02. The molecule has 1 N–H and O–H groups in total. The van der Waals surface area contributed by atoms with Crippen LogP contribution in [0, 0.1) is 0 Å². The molecule has 3 nitrogen and oxygen atoms in total. The van der Waals surface area contributed by atoms with Crippen LogP contribution in [-0.4, -0.2) is 10.2 Å². The highest BCUT2D eigenvalue weighted by atomic mass is 79.9. The molecule has 0 saturated carbocycles. The Morgan fingerprint density at radius 3 is 2.60 bits per heavy atom. The Hall–Kier alpha value is -1.13. The number of benzene rings is 1. The molecule has 1 heterocycles. The quantitative estimate of drug-likeness (QED) is 0.876. The predicted octanol–water partition coefficient (Wildman–Crippen LogP) is 2.85. The molecule has 0 amide bonds. The molecule has 0 atom stereocenters. The van der Waals surface area contributed by atoms with Crippen LogP contribution in [0.25, 0.3) is 11.3 Å². The van der Waals surface area contributed by atoms with Crippen LogP contribution in [0.3, 0.4) is 0 Å². The molecule has 0 aliphatic carbocycles. The van der Waals surface area contributed by atoms with Crippen LogP contribution < -0.4 is 5.43 Å². The van der Waals surface area contributed by atoms with Gasteiger partial charge in [0.25, 0.3) is 0 Å². The topological polar surface area (TPSA) is 45.8 Å². The van der Waals surface area contributed by atoms with Gasteiger partial charge in [-0.1, -0.05) is 41.9 Å². The van der Waals surface area contributed by atoms with Crippen LogP contribution in [0.5, 0.6) is 0 Å². The Bertz CT molecular complexity index is 539. The lowest BCUT2D eigenvalue weighted by Gasteiger charge is -2.00. The molecule has 0 saturated heterocycles. The van der Waals surface area contributed by atoms with E-state index in [4.69, 9.17) is 11.6 Å². The first-order valence-electron chi connectivity index (χ1n) is 4.19. The average Bonchev–Trinajstić information content (AvgIpc) is 2.27. The van der Waals surface area contributed by atoms with Crippen molar-refractivity contribution in [3.63, 3.8) is 0 Å². The van der Waals surface area contributed by atoms with Crippen molar-refractivity contribution >= 4 is 27.5 Å². The summed E-state index contributed by atoms with van der Waals surface area (Å²) in [6, 6.07) is 9.20. The Labute approximate surface area is 99.2 Å². The highest BCUT2D eigenvalue weighted by Gasteiger charge is 2.10. The van der Waals surface area contributed by atoms with Crippen molar-refractivity contribution in [1.29, 1.82) is 0 Å². The minimum absolute atomic E-state index is 0.208. The zero-order valence-corrected chi connectivity index (χ0v) is 9.84. The van der Waals surface area contributed by atoms with E-state index < -0.39 is 0 Å². The number of hydrogen-bond donors (Lipinski definition) is 1. The van der Waals surface area contributed by atoms with E-state index >= 15 is 0 Å². The van der Waals surface area contributed by atoms with E-state index in [0.29, 0.717) is 10.2 Å². The van der Waals surface area contributed by atoms with Gasteiger partial charge in [-0.2, -0.15) is 5.10 Å². The van der Waals surface area contributed by atoms with Crippen molar-refractivity contribution in [2.24, 2.45) is 0 Å². The van der Waals surface area contributed by atoms with Crippen LogP contribution in [0.4, 0.5) is 0 Å². The van der Waals surface area contributed by atoms with Gasteiger partial charge in [0.2, 0.25) is 5.43 Å². The van der Waals surface area contributed by atoms with Crippen LogP contribution >= 0.6 is 27.5 Å². The lowest BCUT2D eigenvalue weighted by atomic mass is 10.1. The number of H-pyrrole nitrogens is 1. The summed E-state index contributed by atoms with van der Waals surface area (Å²) in [4.78, 5) is 11.8. The largest absolute Gasteiger partial charge is 0.286 e. The van der Waals surface area contributed by atoms with E-state index in [1.54, 1.807) is 0 Å². The maximum Gasteiger partial charge on any atom is 0.223 e. The number of nitrogens with one attached hydrogen (secondary N) is 1. The number of aromatic nitrogens is 2. The van der Waals surface area contributed by atoms with E-state index in [1.165, 1.54) is 0 Å². The zero-order valence-electron chi connectivity index (χ0n) is 7.50. The number of nitrogens with zero attached hydrogens (tertiary/aromatic N) is 1. The first kappa shape index (κ1) is 10.4. The summed E-state index contributed by atoms with van der Waals surface area (Å²) < 4.78 is 0.304. The summed E-state index contributed by atoms with van der Waals surface area (Å²) in [5.41, 5.74) is 0.896. The molecular formula is C10H6BrClN2O. The van der Waals surface area contributed by atoms with Crippen molar-refractivity contribution in [3.8, 4) is 11.3 Å². The third kappa shape index (κ3) is 1.96. The Morgan fingerprint density at radius 1 is 1.27 bits per heavy atom. The highest BCUT2D eigenvalue weighted by Crippen LogP contribution is 2.18. The van der Waals surface area contributed by atoms with Gasteiger partial charge in [0, 0.05) is 5.56 Å². The number of hydrogen-bond acceptors (Lipinski definition) is 2.